The maximum Gasteiger partial charge on any atom is 0.167 e. The number of aromatic nitrogens is 6. The Kier molecular flexibility index (Phi) is 4.44. The smallest absolute Gasteiger partial charge is 0.167 e. The van der Waals surface area contributed by atoms with Crippen LogP contribution in [0.4, 0.5) is 5.82 Å². The molecular weight excluding hydrogens is 370 g/mol. The fourth-order valence-electron chi connectivity index (χ4n) is 3.92. The summed E-state index contributed by atoms with van der Waals surface area (Å²) in [6.45, 7) is 10.4. The number of anilines is 1. The molecule has 29 heavy (non-hydrogen) atoms. The Labute approximate surface area is 169 Å². The second kappa shape index (κ2) is 7.00. The second-order valence-corrected chi connectivity index (χ2v) is 7.68. The molecule has 1 saturated heterocycles. The third kappa shape index (κ3) is 3.05. The second-order valence-electron chi connectivity index (χ2n) is 7.68. The molecule has 9 heteroatoms. The van der Waals surface area contributed by atoms with Gasteiger partial charge in [0.2, 0.25) is 0 Å². The maximum atomic E-state index is 6.10. The van der Waals surface area contributed by atoms with Crippen molar-refractivity contribution in [3.63, 3.8) is 0 Å². The molecular formula is C20H25N7O2. The predicted octanol–water partition coefficient (Wildman–Crippen LogP) is 2.08. The first kappa shape index (κ1) is 18.4. The fraction of sp³-hybridized carbons (Fsp3) is 0.550. The van der Waals surface area contributed by atoms with Gasteiger partial charge < -0.3 is 18.9 Å². The van der Waals surface area contributed by atoms with Crippen molar-refractivity contribution >= 4 is 17.0 Å². The van der Waals surface area contributed by atoms with Gasteiger partial charge in [-0.15, -0.1) is 0 Å². The van der Waals surface area contributed by atoms with Crippen LogP contribution in [0.15, 0.2) is 12.4 Å². The van der Waals surface area contributed by atoms with E-state index in [0.717, 1.165) is 60.2 Å². The van der Waals surface area contributed by atoms with Crippen LogP contribution in [-0.4, -0.2) is 62.4 Å². The van der Waals surface area contributed by atoms with Gasteiger partial charge in [-0.1, -0.05) is 6.92 Å². The normalized spacial score (nSPS) is 22.1. The molecule has 0 unspecified atom stereocenters. The van der Waals surface area contributed by atoms with Gasteiger partial charge in [0, 0.05) is 32.0 Å². The van der Waals surface area contributed by atoms with Crippen molar-refractivity contribution in [1.29, 1.82) is 0 Å². The summed E-state index contributed by atoms with van der Waals surface area (Å²) in [6, 6.07) is 0. The molecule has 2 aliphatic heterocycles. The minimum atomic E-state index is -0.422. The van der Waals surface area contributed by atoms with Crippen molar-refractivity contribution in [3.8, 4) is 11.4 Å². The van der Waals surface area contributed by atoms with E-state index < -0.39 is 5.60 Å². The summed E-state index contributed by atoms with van der Waals surface area (Å²) in [6.07, 6.45) is 4.40. The van der Waals surface area contributed by atoms with Crippen molar-refractivity contribution in [3.05, 3.63) is 24.0 Å². The molecule has 0 aromatic carbocycles. The number of morpholine rings is 1. The molecule has 0 bridgehead atoms. The predicted molar refractivity (Wildman–Crippen MR) is 108 cm³/mol. The van der Waals surface area contributed by atoms with Gasteiger partial charge in [-0.3, -0.25) is 0 Å². The Morgan fingerprint density at radius 3 is 2.52 bits per heavy atom. The van der Waals surface area contributed by atoms with Gasteiger partial charge in [0.25, 0.3) is 0 Å². The number of fused-ring (bicyclic) bond motifs is 3. The first-order valence-electron chi connectivity index (χ1n) is 10.1. The zero-order valence-electron chi connectivity index (χ0n) is 17.1. The molecule has 3 aromatic heterocycles. The maximum absolute atomic E-state index is 6.10. The summed E-state index contributed by atoms with van der Waals surface area (Å²) in [5, 5.41) is 0. The van der Waals surface area contributed by atoms with E-state index in [1.165, 1.54) is 0 Å². The van der Waals surface area contributed by atoms with Crippen molar-refractivity contribution in [1.82, 2.24) is 29.5 Å². The first-order valence-corrected chi connectivity index (χ1v) is 10.1. The average molecular weight is 395 g/mol. The number of rotatable bonds is 3. The number of imidazole rings is 1. The summed E-state index contributed by atoms with van der Waals surface area (Å²) in [5.41, 5.74) is 2.04. The summed E-state index contributed by atoms with van der Waals surface area (Å²) in [4.78, 5) is 25.7. The van der Waals surface area contributed by atoms with Crippen LogP contribution in [0.1, 0.15) is 31.9 Å². The minimum Gasteiger partial charge on any atom is -0.378 e. The summed E-state index contributed by atoms with van der Waals surface area (Å²) in [7, 11) is 0. The molecule has 5 rings (SSSR count). The molecule has 152 valence electrons. The standard InChI is InChI=1S/C20H25N7O2/c1-4-20(3)19-23-15-17(26-5-8-28-9-6-26)24-16(14-11-21-13(2)22-12-14)25-18(15)27(19)7-10-29-20/h11-12H,4-10H2,1-3H3/t20-/m1/s1. The van der Waals surface area contributed by atoms with E-state index >= 15 is 0 Å². The monoisotopic (exact) mass is 395 g/mol. The molecule has 3 aromatic rings. The molecule has 0 amide bonds. The molecule has 0 radical (unpaired) electrons. The van der Waals surface area contributed by atoms with Crippen LogP contribution in [0.3, 0.4) is 0 Å². The molecule has 0 saturated carbocycles. The van der Waals surface area contributed by atoms with Gasteiger partial charge in [-0.05, 0) is 20.3 Å². The highest BCUT2D eigenvalue weighted by Gasteiger charge is 2.36. The Morgan fingerprint density at radius 2 is 1.79 bits per heavy atom. The Bertz CT molecular complexity index is 1040. The van der Waals surface area contributed by atoms with Crippen molar-refractivity contribution in [2.45, 2.75) is 39.3 Å². The van der Waals surface area contributed by atoms with E-state index in [4.69, 9.17) is 24.4 Å². The summed E-state index contributed by atoms with van der Waals surface area (Å²) >= 11 is 0. The zero-order valence-corrected chi connectivity index (χ0v) is 17.1. The molecule has 9 nitrogen and oxygen atoms in total. The molecule has 1 atom stereocenters. The highest BCUT2D eigenvalue weighted by atomic mass is 16.5. The Balaban J connectivity index is 1.74. The SMILES string of the molecule is CC[C@@]1(C)OCCn2c1nc1c(N3CCOCC3)nc(-c3cnc(C)nc3)nc12. The fourth-order valence-corrected chi connectivity index (χ4v) is 3.92. The largest absolute Gasteiger partial charge is 0.378 e. The van der Waals surface area contributed by atoms with E-state index in [-0.39, 0.29) is 0 Å². The van der Waals surface area contributed by atoms with Gasteiger partial charge in [0.15, 0.2) is 22.8 Å². The van der Waals surface area contributed by atoms with Gasteiger partial charge in [-0.25, -0.2) is 24.9 Å². The molecule has 1 fully saturated rings. The lowest BCUT2D eigenvalue weighted by Gasteiger charge is -2.33. The van der Waals surface area contributed by atoms with Gasteiger partial charge in [0.1, 0.15) is 17.2 Å². The van der Waals surface area contributed by atoms with E-state index in [1.807, 2.05) is 6.92 Å². The van der Waals surface area contributed by atoms with Crippen LogP contribution in [0.2, 0.25) is 0 Å². The van der Waals surface area contributed by atoms with Crippen molar-refractivity contribution in [2.75, 3.05) is 37.8 Å². The lowest BCUT2D eigenvalue weighted by atomic mass is 10.0. The van der Waals surface area contributed by atoms with Gasteiger partial charge in [-0.2, -0.15) is 0 Å². The van der Waals surface area contributed by atoms with Crippen molar-refractivity contribution < 1.29 is 9.47 Å². The van der Waals surface area contributed by atoms with Crippen LogP contribution in [0.5, 0.6) is 0 Å². The van der Waals surface area contributed by atoms with Crippen LogP contribution in [-0.2, 0) is 21.6 Å². The number of hydrogen-bond acceptors (Lipinski definition) is 8. The van der Waals surface area contributed by atoms with Crippen LogP contribution in [0.25, 0.3) is 22.6 Å². The quantitative estimate of drug-likeness (QED) is 0.666. The van der Waals surface area contributed by atoms with Crippen LogP contribution in [0, 0.1) is 6.92 Å². The lowest BCUT2D eigenvalue weighted by Crippen LogP contribution is -2.37. The zero-order chi connectivity index (χ0) is 20.0. The number of nitrogens with zero attached hydrogens (tertiary/aromatic N) is 7. The van der Waals surface area contributed by atoms with Crippen LogP contribution >= 0.6 is 0 Å². The minimum absolute atomic E-state index is 0.422. The van der Waals surface area contributed by atoms with E-state index in [9.17, 15) is 0 Å². The van der Waals surface area contributed by atoms with Crippen LogP contribution < -0.4 is 4.90 Å². The first-order chi connectivity index (χ1) is 14.1. The summed E-state index contributed by atoms with van der Waals surface area (Å²) < 4.78 is 13.8. The lowest BCUT2D eigenvalue weighted by molar-refractivity contribution is -0.0694. The molecule has 0 aliphatic carbocycles. The molecule has 0 N–H and O–H groups in total. The van der Waals surface area contributed by atoms with E-state index in [1.54, 1.807) is 12.4 Å². The highest BCUT2D eigenvalue weighted by Crippen LogP contribution is 2.36. The molecule has 0 spiro atoms. The third-order valence-corrected chi connectivity index (χ3v) is 5.81. The topological polar surface area (TPSA) is 91.1 Å². The van der Waals surface area contributed by atoms with Gasteiger partial charge in [0.05, 0.1) is 25.4 Å². The van der Waals surface area contributed by atoms with Crippen molar-refractivity contribution in [2.24, 2.45) is 0 Å². The number of aryl methyl sites for hydroxylation is 1. The summed E-state index contributed by atoms with van der Waals surface area (Å²) in [5.74, 6) is 3.10. The third-order valence-electron chi connectivity index (χ3n) is 5.81. The number of hydrogen-bond donors (Lipinski definition) is 0. The molecule has 2 aliphatic rings. The average Bonchev–Trinajstić information content (AvgIpc) is 3.15. The Hall–Kier alpha value is -2.65. The number of ether oxygens (including phenoxy) is 2. The Morgan fingerprint density at radius 1 is 1.03 bits per heavy atom. The highest BCUT2D eigenvalue weighted by molar-refractivity contribution is 5.86. The van der Waals surface area contributed by atoms with E-state index in [0.29, 0.717) is 25.6 Å². The van der Waals surface area contributed by atoms with E-state index in [2.05, 4.69) is 33.3 Å². The van der Waals surface area contributed by atoms with Gasteiger partial charge >= 0.3 is 0 Å². The molecule has 5 heterocycles.